The van der Waals surface area contributed by atoms with Gasteiger partial charge < -0.3 is 5.32 Å². The maximum Gasteiger partial charge on any atom is 0.0772 e. The molecule has 0 spiro atoms. The van der Waals surface area contributed by atoms with Crippen molar-refractivity contribution in [2.24, 2.45) is 4.99 Å². The summed E-state index contributed by atoms with van der Waals surface area (Å²) < 4.78 is 0. The van der Waals surface area contributed by atoms with E-state index in [2.05, 4.69) is 48.6 Å². The van der Waals surface area contributed by atoms with E-state index in [1.165, 1.54) is 20.9 Å². The van der Waals surface area contributed by atoms with Crippen LogP contribution in [0.25, 0.3) is 0 Å². The van der Waals surface area contributed by atoms with Crippen LogP contribution in [0.15, 0.2) is 57.2 Å². The fourth-order valence-corrected chi connectivity index (χ4v) is 3.40. The van der Waals surface area contributed by atoms with Crippen LogP contribution in [0.5, 0.6) is 0 Å². The van der Waals surface area contributed by atoms with E-state index in [0.717, 1.165) is 17.9 Å². The molecule has 0 aromatic heterocycles. The molecule has 1 aliphatic rings. The highest BCUT2D eigenvalue weighted by atomic mass is 32.2. The zero-order chi connectivity index (χ0) is 13.2. The summed E-state index contributed by atoms with van der Waals surface area (Å²) in [7, 11) is 1.97. The van der Waals surface area contributed by atoms with E-state index < -0.39 is 0 Å². The summed E-state index contributed by atoms with van der Waals surface area (Å²) in [6.07, 6.45) is 0. The summed E-state index contributed by atoms with van der Waals surface area (Å²) in [6.45, 7) is 2.98. The third-order valence-electron chi connectivity index (χ3n) is 3.19. The molecule has 1 N–H and O–H groups in total. The second-order valence-electron chi connectivity index (χ2n) is 4.63. The topological polar surface area (TPSA) is 24.4 Å². The third-order valence-corrected chi connectivity index (χ3v) is 4.31. The highest BCUT2D eigenvalue weighted by Gasteiger charge is 2.14. The molecule has 0 saturated heterocycles. The first-order chi connectivity index (χ1) is 9.28. The van der Waals surface area contributed by atoms with Crippen molar-refractivity contribution in [3.63, 3.8) is 0 Å². The van der Waals surface area contributed by atoms with Gasteiger partial charge in [-0.1, -0.05) is 36.0 Å². The first kappa shape index (κ1) is 12.5. The van der Waals surface area contributed by atoms with Crippen molar-refractivity contribution < 1.29 is 0 Å². The van der Waals surface area contributed by atoms with Gasteiger partial charge >= 0.3 is 0 Å². The quantitative estimate of drug-likeness (QED) is 0.890. The van der Waals surface area contributed by atoms with Gasteiger partial charge in [-0.15, -0.1) is 0 Å². The number of para-hydroxylation sites is 1. The molecule has 96 valence electrons. The SMILES string of the molecule is CNCc1ccc2c(c1)Sc1ccccc1N=C2C. The largest absolute Gasteiger partial charge is 0.316 e. The Morgan fingerprint density at radius 2 is 1.95 bits per heavy atom. The van der Waals surface area contributed by atoms with Crippen molar-refractivity contribution in [3.8, 4) is 0 Å². The van der Waals surface area contributed by atoms with Crippen molar-refractivity contribution in [2.75, 3.05) is 7.05 Å². The highest BCUT2D eigenvalue weighted by molar-refractivity contribution is 7.99. The summed E-state index contributed by atoms with van der Waals surface area (Å²) in [5, 5.41) is 3.20. The lowest BCUT2D eigenvalue weighted by atomic mass is 10.1. The summed E-state index contributed by atoms with van der Waals surface area (Å²) in [4.78, 5) is 7.25. The maximum absolute atomic E-state index is 4.74. The Hall–Kier alpha value is -1.58. The number of fused-ring (bicyclic) bond motifs is 2. The minimum atomic E-state index is 0.895. The molecule has 0 aliphatic carbocycles. The van der Waals surface area contributed by atoms with Gasteiger partial charge in [0.1, 0.15) is 0 Å². The standard InChI is InChI=1S/C16H16N2S/c1-11-13-8-7-12(10-17-2)9-16(13)19-15-6-4-3-5-14(15)18-11/h3-9,17H,10H2,1-2H3. The zero-order valence-corrected chi connectivity index (χ0v) is 11.9. The average Bonchev–Trinajstić information content (AvgIpc) is 2.54. The Morgan fingerprint density at radius 1 is 1.11 bits per heavy atom. The molecule has 0 saturated carbocycles. The van der Waals surface area contributed by atoms with Gasteiger partial charge in [0.15, 0.2) is 0 Å². The number of nitrogens with zero attached hydrogens (tertiary/aromatic N) is 1. The minimum absolute atomic E-state index is 0.895. The van der Waals surface area contributed by atoms with E-state index in [1.54, 1.807) is 11.8 Å². The molecular formula is C16H16N2S. The average molecular weight is 268 g/mol. The highest BCUT2D eigenvalue weighted by Crippen LogP contribution is 2.40. The molecule has 0 unspecified atom stereocenters. The molecule has 0 bridgehead atoms. The predicted molar refractivity (Wildman–Crippen MR) is 81.6 cm³/mol. The van der Waals surface area contributed by atoms with E-state index in [4.69, 9.17) is 4.99 Å². The first-order valence-corrected chi connectivity index (χ1v) is 7.19. The Balaban J connectivity index is 2.11. The number of hydrogen-bond donors (Lipinski definition) is 1. The van der Waals surface area contributed by atoms with Gasteiger partial charge in [-0.25, -0.2) is 0 Å². The molecule has 1 heterocycles. The molecule has 19 heavy (non-hydrogen) atoms. The van der Waals surface area contributed by atoms with Gasteiger partial charge in [0.25, 0.3) is 0 Å². The van der Waals surface area contributed by atoms with Crippen LogP contribution in [0.2, 0.25) is 0 Å². The number of rotatable bonds is 2. The van der Waals surface area contributed by atoms with Crippen LogP contribution in [-0.2, 0) is 6.54 Å². The fraction of sp³-hybridized carbons (Fsp3) is 0.188. The van der Waals surface area contributed by atoms with Crippen LogP contribution in [-0.4, -0.2) is 12.8 Å². The Morgan fingerprint density at radius 3 is 2.79 bits per heavy atom. The Bertz CT molecular complexity index is 647. The van der Waals surface area contributed by atoms with Crippen LogP contribution in [0, 0.1) is 0 Å². The molecule has 2 aromatic rings. The molecule has 3 heteroatoms. The van der Waals surface area contributed by atoms with Crippen LogP contribution in [0.4, 0.5) is 5.69 Å². The summed E-state index contributed by atoms with van der Waals surface area (Å²) >= 11 is 1.80. The zero-order valence-electron chi connectivity index (χ0n) is 11.1. The van der Waals surface area contributed by atoms with Gasteiger partial charge in [0, 0.05) is 27.6 Å². The molecular weight excluding hydrogens is 252 g/mol. The second-order valence-corrected chi connectivity index (χ2v) is 5.71. The Labute approximate surface area is 118 Å². The molecule has 0 atom stereocenters. The van der Waals surface area contributed by atoms with Crippen molar-refractivity contribution >= 4 is 23.2 Å². The van der Waals surface area contributed by atoms with Crippen molar-refractivity contribution in [3.05, 3.63) is 53.6 Å². The molecule has 0 fully saturated rings. The van der Waals surface area contributed by atoms with Crippen LogP contribution >= 0.6 is 11.8 Å². The van der Waals surface area contributed by atoms with E-state index in [0.29, 0.717) is 0 Å². The molecule has 1 aliphatic heterocycles. The lowest BCUT2D eigenvalue weighted by molar-refractivity contribution is 0.815. The van der Waals surface area contributed by atoms with Crippen LogP contribution < -0.4 is 5.32 Å². The van der Waals surface area contributed by atoms with Gasteiger partial charge in [0.05, 0.1) is 5.69 Å². The second kappa shape index (κ2) is 5.19. The number of hydrogen-bond acceptors (Lipinski definition) is 3. The van der Waals surface area contributed by atoms with Gasteiger partial charge in [-0.05, 0) is 37.7 Å². The van der Waals surface area contributed by atoms with Crippen LogP contribution in [0.1, 0.15) is 18.1 Å². The molecule has 0 radical (unpaired) electrons. The molecule has 2 nitrogen and oxygen atoms in total. The van der Waals surface area contributed by atoms with Crippen LogP contribution in [0.3, 0.4) is 0 Å². The lowest BCUT2D eigenvalue weighted by Crippen LogP contribution is -2.06. The first-order valence-electron chi connectivity index (χ1n) is 6.38. The van der Waals surface area contributed by atoms with Gasteiger partial charge in [-0.3, -0.25) is 4.99 Å². The normalized spacial score (nSPS) is 13.3. The molecule has 3 rings (SSSR count). The number of benzene rings is 2. The van der Waals surface area contributed by atoms with E-state index in [-0.39, 0.29) is 0 Å². The van der Waals surface area contributed by atoms with Crippen molar-refractivity contribution in [2.45, 2.75) is 23.3 Å². The fourth-order valence-electron chi connectivity index (χ4n) is 2.26. The summed E-state index contributed by atoms with van der Waals surface area (Å²) in [5.74, 6) is 0. The van der Waals surface area contributed by atoms with Gasteiger partial charge in [0.2, 0.25) is 0 Å². The molecule has 0 amide bonds. The van der Waals surface area contributed by atoms with E-state index >= 15 is 0 Å². The molecule has 2 aromatic carbocycles. The minimum Gasteiger partial charge on any atom is -0.316 e. The smallest absolute Gasteiger partial charge is 0.0772 e. The predicted octanol–water partition coefficient (Wildman–Crippen LogP) is 4.01. The maximum atomic E-state index is 4.74. The summed E-state index contributed by atoms with van der Waals surface area (Å²) in [5.41, 5.74) is 4.70. The van der Waals surface area contributed by atoms with E-state index in [1.807, 2.05) is 13.1 Å². The monoisotopic (exact) mass is 268 g/mol. The summed E-state index contributed by atoms with van der Waals surface area (Å²) in [6, 6.07) is 14.9. The van der Waals surface area contributed by atoms with Crippen molar-refractivity contribution in [1.29, 1.82) is 0 Å². The van der Waals surface area contributed by atoms with E-state index in [9.17, 15) is 0 Å². The number of nitrogens with one attached hydrogen (secondary N) is 1. The number of aliphatic imine (C=N–C) groups is 1. The van der Waals surface area contributed by atoms with Gasteiger partial charge in [-0.2, -0.15) is 0 Å². The Kier molecular flexibility index (Phi) is 3.40. The third kappa shape index (κ3) is 2.44. The van der Waals surface area contributed by atoms with Crippen molar-refractivity contribution in [1.82, 2.24) is 5.32 Å². The lowest BCUT2D eigenvalue weighted by Gasteiger charge is -2.08.